The van der Waals surface area contributed by atoms with Crippen molar-refractivity contribution in [3.05, 3.63) is 53.6 Å². The minimum Gasteiger partial charge on any atom is -0.334 e. The van der Waals surface area contributed by atoms with E-state index in [1.165, 1.54) is 0 Å². The van der Waals surface area contributed by atoms with Gasteiger partial charge in [0, 0.05) is 23.7 Å². The van der Waals surface area contributed by atoms with Gasteiger partial charge < -0.3 is 10.3 Å². The first-order valence-corrected chi connectivity index (χ1v) is 10.2. The SMILES string of the molecule is Cc1ccc(S(=O)(=O)NC2CC2)cc1-c1nc(-c2ccc(CN)cc2)no1.Cl. The van der Waals surface area contributed by atoms with Crippen LogP contribution in [0, 0.1) is 6.92 Å². The number of halogens is 1. The molecular formula is C19H21ClN4O3S. The van der Waals surface area contributed by atoms with Crippen molar-refractivity contribution in [3.63, 3.8) is 0 Å². The monoisotopic (exact) mass is 420 g/mol. The third-order valence-electron chi connectivity index (χ3n) is 4.52. The summed E-state index contributed by atoms with van der Waals surface area (Å²) in [5.41, 5.74) is 8.89. The van der Waals surface area contributed by atoms with Gasteiger partial charge in [0.25, 0.3) is 5.89 Å². The molecule has 2 aromatic carbocycles. The maximum absolute atomic E-state index is 12.5. The quantitative estimate of drug-likeness (QED) is 0.634. The lowest BCUT2D eigenvalue weighted by atomic mass is 10.1. The third-order valence-corrected chi connectivity index (χ3v) is 6.04. The summed E-state index contributed by atoms with van der Waals surface area (Å²) in [7, 11) is -3.55. The lowest BCUT2D eigenvalue weighted by Gasteiger charge is -2.08. The number of nitrogens with two attached hydrogens (primary N) is 1. The number of sulfonamides is 1. The predicted octanol–water partition coefficient (Wildman–Crippen LogP) is 3.03. The first-order valence-electron chi connectivity index (χ1n) is 8.73. The summed E-state index contributed by atoms with van der Waals surface area (Å²) in [5.74, 6) is 0.728. The fourth-order valence-corrected chi connectivity index (χ4v) is 4.06. The van der Waals surface area contributed by atoms with Crippen LogP contribution in [0.5, 0.6) is 0 Å². The molecule has 0 saturated heterocycles. The molecule has 28 heavy (non-hydrogen) atoms. The predicted molar refractivity (Wildman–Crippen MR) is 108 cm³/mol. The Morgan fingerprint density at radius 1 is 1.18 bits per heavy atom. The highest BCUT2D eigenvalue weighted by Gasteiger charge is 2.28. The Kier molecular flexibility index (Phi) is 5.85. The van der Waals surface area contributed by atoms with Crippen molar-refractivity contribution in [3.8, 4) is 22.8 Å². The minimum absolute atomic E-state index is 0. The molecule has 0 atom stereocenters. The van der Waals surface area contributed by atoms with Crippen molar-refractivity contribution in [1.82, 2.24) is 14.9 Å². The fraction of sp³-hybridized carbons (Fsp3) is 0.263. The van der Waals surface area contributed by atoms with E-state index in [4.69, 9.17) is 10.3 Å². The Balaban J connectivity index is 0.00000225. The largest absolute Gasteiger partial charge is 0.334 e. The first-order chi connectivity index (χ1) is 13.0. The average Bonchev–Trinajstić information content (AvgIpc) is 3.33. The van der Waals surface area contributed by atoms with Gasteiger partial charge in [-0.2, -0.15) is 4.98 Å². The molecule has 3 N–H and O–H groups in total. The standard InChI is InChI=1S/C19H20N4O3S.ClH/c1-12-2-9-16(27(24,25)23-15-7-8-15)10-17(12)19-21-18(22-26-19)14-5-3-13(11-20)4-6-14;/h2-6,9-10,15,23H,7-8,11,20H2,1H3;1H. The molecule has 9 heteroatoms. The number of aryl methyl sites for hydroxylation is 1. The van der Waals surface area contributed by atoms with Crippen molar-refractivity contribution < 1.29 is 12.9 Å². The molecule has 0 aliphatic heterocycles. The van der Waals surface area contributed by atoms with Gasteiger partial charge in [-0.25, -0.2) is 13.1 Å². The number of nitrogens with one attached hydrogen (secondary N) is 1. The molecule has 3 aromatic rings. The van der Waals surface area contributed by atoms with Gasteiger partial charge in [-0.05, 0) is 43.0 Å². The molecule has 1 aliphatic rings. The maximum Gasteiger partial charge on any atom is 0.258 e. The summed E-state index contributed by atoms with van der Waals surface area (Å²) >= 11 is 0. The van der Waals surface area contributed by atoms with E-state index in [9.17, 15) is 8.42 Å². The summed E-state index contributed by atoms with van der Waals surface area (Å²) in [6.07, 6.45) is 1.77. The molecule has 0 bridgehead atoms. The zero-order valence-electron chi connectivity index (χ0n) is 15.3. The van der Waals surface area contributed by atoms with Crippen molar-refractivity contribution in [1.29, 1.82) is 0 Å². The van der Waals surface area contributed by atoms with Gasteiger partial charge >= 0.3 is 0 Å². The molecule has 0 radical (unpaired) electrons. The number of hydrogen-bond acceptors (Lipinski definition) is 6. The second kappa shape index (κ2) is 8.00. The lowest BCUT2D eigenvalue weighted by molar-refractivity contribution is 0.432. The molecule has 0 amide bonds. The Morgan fingerprint density at radius 3 is 2.54 bits per heavy atom. The topological polar surface area (TPSA) is 111 Å². The summed E-state index contributed by atoms with van der Waals surface area (Å²) in [4.78, 5) is 4.64. The molecule has 1 aromatic heterocycles. The van der Waals surface area contributed by atoms with Gasteiger partial charge in [-0.3, -0.25) is 0 Å². The van der Waals surface area contributed by atoms with Crippen LogP contribution in [0.25, 0.3) is 22.8 Å². The normalized spacial score (nSPS) is 13.9. The average molecular weight is 421 g/mol. The van der Waals surface area contributed by atoms with Crippen molar-refractivity contribution >= 4 is 22.4 Å². The van der Waals surface area contributed by atoms with Crippen molar-refractivity contribution in [2.75, 3.05) is 0 Å². The van der Waals surface area contributed by atoms with Crippen molar-refractivity contribution in [2.24, 2.45) is 5.73 Å². The van der Waals surface area contributed by atoms with Crippen LogP contribution >= 0.6 is 12.4 Å². The van der Waals surface area contributed by atoms with E-state index < -0.39 is 10.0 Å². The molecule has 1 fully saturated rings. The highest BCUT2D eigenvalue weighted by atomic mass is 35.5. The van der Waals surface area contributed by atoms with E-state index >= 15 is 0 Å². The molecule has 7 nitrogen and oxygen atoms in total. The Labute approximate surface area is 169 Å². The first kappa shape index (κ1) is 20.5. The van der Waals surface area contributed by atoms with Crippen LogP contribution in [0.15, 0.2) is 51.9 Å². The number of benzene rings is 2. The van der Waals surface area contributed by atoms with Gasteiger partial charge in [0.1, 0.15) is 0 Å². The zero-order chi connectivity index (χ0) is 19.0. The smallest absolute Gasteiger partial charge is 0.258 e. The van der Waals surface area contributed by atoms with Crippen LogP contribution in [-0.2, 0) is 16.6 Å². The lowest BCUT2D eigenvalue weighted by Crippen LogP contribution is -2.25. The van der Waals surface area contributed by atoms with Crippen molar-refractivity contribution in [2.45, 2.75) is 37.2 Å². The Hall–Kier alpha value is -2.26. The second-order valence-corrected chi connectivity index (χ2v) is 8.41. The van der Waals surface area contributed by atoms with E-state index in [0.717, 1.165) is 29.5 Å². The number of aromatic nitrogens is 2. The van der Waals surface area contributed by atoms with E-state index in [1.807, 2.05) is 31.2 Å². The second-order valence-electron chi connectivity index (χ2n) is 6.70. The molecule has 148 valence electrons. The Bertz CT molecular complexity index is 1080. The molecule has 1 saturated carbocycles. The molecule has 1 aliphatic carbocycles. The molecule has 0 spiro atoms. The molecule has 0 unspecified atom stereocenters. The van der Waals surface area contributed by atoms with E-state index in [-0.39, 0.29) is 29.2 Å². The molecule has 4 rings (SSSR count). The van der Waals surface area contributed by atoms with Gasteiger partial charge in [-0.1, -0.05) is 35.5 Å². The van der Waals surface area contributed by atoms with Crippen LogP contribution < -0.4 is 10.5 Å². The summed E-state index contributed by atoms with van der Waals surface area (Å²) in [5, 5.41) is 4.03. The summed E-state index contributed by atoms with van der Waals surface area (Å²) in [6.45, 7) is 2.34. The van der Waals surface area contributed by atoms with Gasteiger partial charge in [-0.15, -0.1) is 12.4 Å². The number of nitrogens with zero attached hydrogens (tertiary/aromatic N) is 2. The zero-order valence-corrected chi connectivity index (χ0v) is 16.9. The number of hydrogen-bond donors (Lipinski definition) is 2. The van der Waals surface area contributed by atoms with E-state index in [1.54, 1.807) is 18.2 Å². The van der Waals surface area contributed by atoms with Gasteiger partial charge in [0.15, 0.2) is 0 Å². The van der Waals surface area contributed by atoms with Crippen LogP contribution in [0.4, 0.5) is 0 Å². The van der Waals surface area contributed by atoms with Crippen LogP contribution in [-0.4, -0.2) is 24.6 Å². The van der Waals surface area contributed by atoms with Crippen LogP contribution in [0.3, 0.4) is 0 Å². The van der Waals surface area contributed by atoms with Crippen LogP contribution in [0.2, 0.25) is 0 Å². The van der Waals surface area contributed by atoms with E-state index in [2.05, 4.69) is 14.9 Å². The highest BCUT2D eigenvalue weighted by Crippen LogP contribution is 2.28. The minimum atomic E-state index is -3.55. The van der Waals surface area contributed by atoms with Gasteiger partial charge in [0.05, 0.1) is 4.90 Å². The maximum atomic E-state index is 12.5. The summed E-state index contributed by atoms with van der Waals surface area (Å²) in [6, 6.07) is 12.5. The summed E-state index contributed by atoms with van der Waals surface area (Å²) < 4.78 is 33.0. The third kappa shape index (κ3) is 4.25. The Morgan fingerprint density at radius 2 is 1.89 bits per heavy atom. The van der Waals surface area contributed by atoms with E-state index in [0.29, 0.717) is 17.9 Å². The number of rotatable bonds is 6. The van der Waals surface area contributed by atoms with Crippen LogP contribution in [0.1, 0.15) is 24.0 Å². The van der Waals surface area contributed by atoms with Gasteiger partial charge in [0.2, 0.25) is 15.8 Å². The highest BCUT2D eigenvalue weighted by molar-refractivity contribution is 7.89. The molecular weight excluding hydrogens is 400 g/mol. The molecule has 1 heterocycles. The fourth-order valence-electron chi connectivity index (χ4n) is 2.73.